The molecule has 1 aromatic carbocycles. The summed E-state index contributed by atoms with van der Waals surface area (Å²) in [6, 6.07) is 5.64. The van der Waals surface area contributed by atoms with Crippen molar-refractivity contribution in [2.45, 2.75) is 19.0 Å². The van der Waals surface area contributed by atoms with E-state index in [4.69, 9.17) is 10.5 Å². The minimum absolute atomic E-state index is 0.260. The number of amides is 1. The Bertz CT molecular complexity index is 390. The Hall–Kier alpha value is -1.55. The monoisotopic (exact) mass is 206 g/mol. The largest absolute Gasteiger partial charge is 0.497 e. The number of primary amides is 1. The number of benzene rings is 1. The van der Waals surface area contributed by atoms with Crippen LogP contribution in [-0.2, 0) is 17.8 Å². The molecule has 0 saturated carbocycles. The van der Waals surface area contributed by atoms with Crippen molar-refractivity contribution in [1.82, 2.24) is 5.32 Å². The van der Waals surface area contributed by atoms with E-state index < -0.39 is 0 Å². The van der Waals surface area contributed by atoms with Crippen LogP contribution in [0.1, 0.15) is 11.1 Å². The van der Waals surface area contributed by atoms with Crippen LogP contribution in [-0.4, -0.2) is 19.1 Å². The van der Waals surface area contributed by atoms with Gasteiger partial charge in [-0.1, -0.05) is 6.07 Å². The zero-order chi connectivity index (χ0) is 10.8. The standard InChI is InChI=1S/C11H14N2O2/c1-15-9-3-2-7-6-13-10(11(12)14)5-8(7)4-9/h2-4,10,13H,5-6H2,1H3,(H2,12,14)/t10-/m0/s1. The lowest BCUT2D eigenvalue weighted by molar-refractivity contribution is -0.120. The zero-order valence-corrected chi connectivity index (χ0v) is 8.62. The van der Waals surface area contributed by atoms with E-state index in [2.05, 4.69) is 5.32 Å². The van der Waals surface area contributed by atoms with Gasteiger partial charge in [0.1, 0.15) is 5.75 Å². The molecule has 0 radical (unpaired) electrons. The van der Waals surface area contributed by atoms with Gasteiger partial charge in [0.25, 0.3) is 0 Å². The molecule has 4 heteroatoms. The van der Waals surface area contributed by atoms with Gasteiger partial charge in [-0.25, -0.2) is 0 Å². The Morgan fingerprint density at radius 3 is 3.00 bits per heavy atom. The molecule has 1 heterocycles. The van der Waals surface area contributed by atoms with Crippen LogP contribution in [0.5, 0.6) is 5.75 Å². The molecule has 1 aliphatic rings. The summed E-state index contributed by atoms with van der Waals surface area (Å²) in [5.74, 6) is 0.516. The molecule has 1 aliphatic heterocycles. The highest BCUT2D eigenvalue weighted by Gasteiger charge is 2.22. The van der Waals surface area contributed by atoms with Crippen molar-refractivity contribution in [2.75, 3.05) is 7.11 Å². The van der Waals surface area contributed by atoms with Crippen LogP contribution in [0.4, 0.5) is 0 Å². The Balaban J connectivity index is 2.27. The van der Waals surface area contributed by atoms with E-state index in [1.807, 2.05) is 18.2 Å². The van der Waals surface area contributed by atoms with E-state index in [1.54, 1.807) is 7.11 Å². The fraction of sp³-hybridized carbons (Fsp3) is 0.364. The normalized spacial score (nSPS) is 19.4. The van der Waals surface area contributed by atoms with Crippen molar-refractivity contribution in [2.24, 2.45) is 5.73 Å². The molecule has 1 aromatic rings. The highest BCUT2D eigenvalue weighted by molar-refractivity contribution is 5.80. The first-order chi connectivity index (χ1) is 7.20. The van der Waals surface area contributed by atoms with Crippen LogP contribution < -0.4 is 15.8 Å². The van der Waals surface area contributed by atoms with Crippen molar-refractivity contribution in [3.8, 4) is 5.75 Å². The first kappa shape index (κ1) is 9.98. The smallest absolute Gasteiger partial charge is 0.234 e. The van der Waals surface area contributed by atoms with Crippen LogP contribution in [0.2, 0.25) is 0 Å². The second kappa shape index (κ2) is 3.90. The lowest BCUT2D eigenvalue weighted by Crippen LogP contribution is -2.45. The van der Waals surface area contributed by atoms with Crippen LogP contribution in [0.15, 0.2) is 18.2 Å². The second-order valence-corrected chi connectivity index (χ2v) is 3.67. The lowest BCUT2D eigenvalue weighted by atomic mass is 9.95. The van der Waals surface area contributed by atoms with Crippen LogP contribution in [0.25, 0.3) is 0 Å². The summed E-state index contributed by atoms with van der Waals surface area (Å²) in [6.45, 7) is 0.687. The fourth-order valence-electron chi connectivity index (χ4n) is 1.82. The maximum atomic E-state index is 11.0. The summed E-state index contributed by atoms with van der Waals surface area (Å²) in [4.78, 5) is 11.0. The minimum atomic E-state index is -0.302. The Kier molecular flexibility index (Phi) is 2.60. The third-order valence-electron chi connectivity index (χ3n) is 2.72. The van der Waals surface area contributed by atoms with Crippen molar-refractivity contribution >= 4 is 5.91 Å². The summed E-state index contributed by atoms with van der Waals surface area (Å²) < 4.78 is 5.14. The van der Waals surface area contributed by atoms with Gasteiger partial charge in [0.15, 0.2) is 0 Å². The molecule has 15 heavy (non-hydrogen) atoms. The number of carbonyl (C=O) groups excluding carboxylic acids is 1. The topological polar surface area (TPSA) is 64.3 Å². The highest BCUT2D eigenvalue weighted by atomic mass is 16.5. The molecule has 80 valence electrons. The Morgan fingerprint density at radius 1 is 1.53 bits per heavy atom. The highest BCUT2D eigenvalue weighted by Crippen LogP contribution is 2.22. The van der Waals surface area contributed by atoms with E-state index in [-0.39, 0.29) is 11.9 Å². The molecule has 0 spiro atoms. The number of fused-ring (bicyclic) bond motifs is 1. The number of nitrogens with one attached hydrogen (secondary N) is 1. The van der Waals surface area contributed by atoms with Gasteiger partial charge < -0.3 is 15.8 Å². The molecule has 0 saturated heterocycles. The molecule has 2 rings (SSSR count). The number of carbonyl (C=O) groups is 1. The van der Waals surface area contributed by atoms with E-state index in [9.17, 15) is 4.79 Å². The van der Waals surface area contributed by atoms with Gasteiger partial charge in [-0.15, -0.1) is 0 Å². The van der Waals surface area contributed by atoms with Crippen LogP contribution >= 0.6 is 0 Å². The van der Waals surface area contributed by atoms with Crippen LogP contribution in [0, 0.1) is 0 Å². The molecule has 1 atom stereocenters. The molecule has 4 nitrogen and oxygen atoms in total. The van der Waals surface area contributed by atoms with E-state index in [1.165, 1.54) is 5.56 Å². The first-order valence-electron chi connectivity index (χ1n) is 4.89. The van der Waals surface area contributed by atoms with Crippen LogP contribution in [0.3, 0.4) is 0 Å². The third-order valence-corrected chi connectivity index (χ3v) is 2.72. The van der Waals surface area contributed by atoms with Gasteiger partial charge in [-0.05, 0) is 29.7 Å². The summed E-state index contributed by atoms with van der Waals surface area (Å²) in [7, 11) is 1.63. The molecule has 0 aromatic heterocycles. The zero-order valence-electron chi connectivity index (χ0n) is 8.62. The summed E-state index contributed by atoms with van der Waals surface area (Å²) in [5, 5.41) is 3.10. The Morgan fingerprint density at radius 2 is 2.33 bits per heavy atom. The predicted molar refractivity (Wildman–Crippen MR) is 56.5 cm³/mol. The van der Waals surface area contributed by atoms with Crippen molar-refractivity contribution in [1.29, 1.82) is 0 Å². The molecule has 3 N–H and O–H groups in total. The number of nitrogens with two attached hydrogens (primary N) is 1. The van der Waals surface area contributed by atoms with Gasteiger partial charge in [0, 0.05) is 6.54 Å². The number of methoxy groups -OCH3 is 1. The lowest BCUT2D eigenvalue weighted by Gasteiger charge is -2.24. The van der Waals surface area contributed by atoms with Gasteiger partial charge >= 0.3 is 0 Å². The van der Waals surface area contributed by atoms with Crippen molar-refractivity contribution in [3.05, 3.63) is 29.3 Å². The van der Waals surface area contributed by atoms with E-state index in [0.717, 1.165) is 11.3 Å². The van der Waals surface area contributed by atoms with Gasteiger partial charge in [-0.2, -0.15) is 0 Å². The number of hydrogen-bond acceptors (Lipinski definition) is 3. The SMILES string of the molecule is COc1ccc2c(c1)C[C@@H](C(N)=O)NC2. The quantitative estimate of drug-likeness (QED) is 0.726. The predicted octanol–water partition coefficient (Wildman–Crippen LogP) is 0.195. The molecule has 0 aliphatic carbocycles. The summed E-state index contributed by atoms with van der Waals surface area (Å²) in [5.41, 5.74) is 7.60. The number of rotatable bonds is 2. The molecular weight excluding hydrogens is 192 g/mol. The maximum Gasteiger partial charge on any atom is 0.234 e. The minimum Gasteiger partial charge on any atom is -0.497 e. The summed E-state index contributed by atoms with van der Waals surface area (Å²) in [6.07, 6.45) is 0.641. The summed E-state index contributed by atoms with van der Waals surface area (Å²) >= 11 is 0. The third kappa shape index (κ3) is 1.94. The Labute approximate surface area is 88.4 Å². The van der Waals surface area contributed by atoms with Gasteiger partial charge in [0.05, 0.1) is 13.2 Å². The van der Waals surface area contributed by atoms with Crippen molar-refractivity contribution in [3.63, 3.8) is 0 Å². The van der Waals surface area contributed by atoms with E-state index >= 15 is 0 Å². The average molecular weight is 206 g/mol. The molecular formula is C11H14N2O2. The van der Waals surface area contributed by atoms with E-state index in [0.29, 0.717) is 13.0 Å². The molecule has 0 fully saturated rings. The second-order valence-electron chi connectivity index (χ2n) is 3.67. The maximum absolute atomic E-state index is 11.0. The van der Waals surface area contributed by atoms with Gasteiger partial charge in [-0.3, -0.25) is 4.79 Å². The number of ether oxygens (including phenoxy) is 1. The fourth-order valence-corrected chi connectivity index (χ4v) is 1.82. The van der Waals surface area contributed by atoms with Gasteiger partial charge in [0.2, 0.25) is 5.91 Å². The number of hydrogen-bond donors (Lipinski definition) is 2. The molecule has 0 bridgehead atoms. The molecule has 1 amide bonds. The average Bonchev–Trinajstić information content (AvgIpc) is 2.27. The van der Waals surface area contributed by atoms with Crippen molar-refractivity contribution < 1.29 is 9.53 Å². The molecule has 0 unspecified atom stereocenters. The first-order valence-corrected chi connectivity index (χ1v) is 4.89.